The lowest BCUT2D eigenvalue weighted by Gasteiger charge is -2.40. The highest BCUT2D eigenvalue weighted by Crippen LogP contribution is 2.29. The number of nitrogens with zero attached hydrogens (tertiary/aromatic N) is 1. The minimum Gasteiger partial charge on any atom is -0.444 e. The molecule has 1 saturated heterocycles. The summed E-state index contributed by atoms with van der Waals surface area (Å²) in [6, 6.07) is 0. The van der Waals surface area contributed by atoms with Gasteiger partial charge in [0.2, 0.25) is 0 Å². The van der Waals surface area contributed by atoms with E-state index in [0.717, 1.165) is 18.2 Å². The first-order chi connectivity index (χ1) is 9.32. The highest BCUT2D eigenvalue weighted by atomic mass is 79.9. The molecule has 1 rings (SSSR count). The Kier molecular flexibility index (Phi) is 6.75. The largest absolute Gasteiger partial charge is 0.444 e. The van der Waals surface area contributed by atoms with Crippen LogP contribution in [0.5, 0.6) is 0 Å². The van der Waals surface area contributed by atoms with Crippen LogP contribution in [-0.2, 0) is 14.2 Å². The molecule has 1 aliphatic rings. The highest BCUT2D eigenvalue weighted by molar-refractivity contribution is 9.09. The molecule has 1 fully saturated rings. The maximum Gasteiger partial charge on any atom is 0.410 e. The van der Waals surface area contributed by atoms with Crippen molar-refractivity contribution in [2.45, 2.75) is 44.8 Å². The van der Waals surface area contributed by atoms with Gasteiger partial charge in [-0.15, -0.1) is 0 Å². The Morgan fingerprint density at radius 2 is 1.85 bits per heavy atom. The van der Waals surface area contributed by atoms with Gasteiger partial charge in [-0.1, -0.05) is 15.9 Å². The van der Waals surface area contributed by atoms with Gasteiger partial charge in [-0.3, -0.25) is 0 Å². The summed E-state index contributed by atoms with van der Waals surface area (Å²) in [7, 11) is 1.66. The van der Waals surface area contributed by atoms with Crippen molar-refractivity contribution in [2.75, 3.05) is 38.7 Å². The van der Waals surface area contributed by atoms with Crippen LogP contribution in [0.25, 0.3) is 0 Å². The zero-order chi connectivity index (χ0) is 15.2. The minimum atomic E-state index is -0.448. The third-order valence-corrected chi connectivity index (χ3v) is 4.29. The molecule has 0 spiro atoms. The Morgan fingerprint density at radius 3 is 2.30 bits per heavy atom. The summed E-state index contributed by atoms with van der Waals surface area (Å²) in [4.78, 5) is 13.8. The lowest BCUT2D eigenvalue weighted by molar-refractivity contribution is -0.0806. The van der Waals surface area contributed by atoms with E-state index in [-0.39, 0.29) is 11.7 Å². The molecule has 6 heteroatoms. The fraction of sp³-hybridized carbons (Fsp3) is 0.929. The lowest BCUT2D eigenvalue weighted by Crippen LogP contribution is -2.50. The third kappa shape index (κ3) is 5.58. The number of hydrogen-bond donors (Lipinski definition) is 0. The zero-order valence-corrected chi connectivity index (χ0v) is 14.5. The number of carbonyl (C=O) groups excluding carboxylic acids is 1. The molecule has 5 nitrogen and oxygen atoms in total. The molecule has 0 aliphatic carbocycles. The number of carbonyl (C=O) groups is 1. The summed E-state index contributed by atoms with van der Waals surface area (Å²) >= 11 is 3.53. The number of ether oxygens (including phenoxy) is 3. The van der Waals surface area contributed by atoms with Gasteiger partial charge in [-0.2, -0.15) is 0 Å². The van der Waals surface area contributed by atoms with Crippen molar-refractivity contribution in [1.29, 1.82) is 0 Å². The number of rotatable bonds is 5. The first kappa shape index (κ1) is 17.7. The number of hydrogen-bond acceptors (Lipinski definition) is 4. The van der Waals surface area contributed by atoms with Gasteiger partial charge in [-0.25, -0.2) is 4.79 Å². The molecule has 0 N–H and O–H groups in total. The predicted molar refractivity (Wildman–Crippen MR) is 81.4 cm³/mol. The molecule has 0 atom stereocenters. The maximum atomic E-state index is 12.0. The fourth-order valence-electron chi connectivity index (χ4n) is 2.08. The van der Waals surface area contributed by atoms with E-state index in [2.05, 4.69) is 15.9 Å². The number of amides is 1. The Balaban J connectivity index is 2.46. The molecule has 1 heterocycles. The summed E-state index contributed by atoms with van der Waals surface area (Å²) in [5.74, 6) is 0. The molecule has 118 valence electrons. The number of piperidine rings is 1. The van der Waals surface area contributed by atoms with Gasteiger partial charge in [-0.05, 0) is 33.6 Å². The van der Waals surface area contributed by atoms with Crippen LogP contribution in [0.3, 0.4) is 0 Å². The summed E-state index contributed by atoms with van der Waals surface area (Å²) in [5.41, 5.74) is -0.646. The molecule has 0 bridgehead atoms. The van der Waals surface area contributed by atoms with Crippen LogP contribution < -0.4 is 0 Å². The van der Waals surface area contributed by atoms with Crippen LogP contribution in [0.2, 0.25) is 0 Å². The standard InChI is InChI=1S/C14H26BrNO4/c1-13(2,3)20-12(17)16-7-5-14(11-15,6-8-16)19-10-9-18-4/h5-11H2,1-4H3. The Morgan fingerprint density at radius 1 is 1.25 bits per heavy atom. The number of halogens is 1. The normalized spacial score (nSPS) is 18.9. The molecule has 0 saturated carbocycles. The molecule has 1 aliphatic heterocycles. The van der Waals surface area contributed by atoms with E-state index in [9.17, 15) is 4.79 Å². The summed E-state index contributed by atoms with van der Waals surface area (Å²) in [5, 5.41) is 0.770. The van der Waals surface area contributed by atoms with E-state index in [4.69, 9.17) is 14.2 Å². The number of alkyl halides is 1. The van der Waals surface area contributed by atoms with Crippen LogP contribution in [0, 0.1) is 0 Å². The van der Waals surface area contributed by atoms with Gasteiger partial charge >= 0.3 is 6.09 Å². The van der Waals surface area contributed by atoms with Crippen molar-refractivity contribution < 1.29 is 19.0 Å². The first-order valence-corrected chi connectivity index (χ1v) is 8.11. The van der Waals surface area contributed by atoms with Crippen molar-refractivity contribution >= 4 is 22.0 Å². The van der Waals surface area contributed by atoms with Crippen molar-refractivity contribution in [1.82, 2.24) is 4.90 Å². The van der Waals surface area contributed by atoms with Crippen LogP contribution in [0.1, 0.15) is 33.6 Å². The van der Waals surface area contributed by atoms with Gasteiger partial charge in [0.1, 0.15) is 5.60 Å². The Hall–Kier alpha value is -0.330. The molecule has 0 unspecified atom stereocenters. The number of likely N-dealkylation sites (tertiary alicyclic amines) is 1. The number of methoxy groups -OCH3 is 1. The first-order valence-electron chi connectivity index (χ1n) is 6.99. The summed E-state index contributed by atoms with van der Waals surface area (Å²) in [6.45, 7) is 8.13. The average molecular weight is 352 g/mol. The van der Waals surface area contributed by atoms with E-state index in [1.54, 1.807) is 12.0 Å². The van der Waals surface area contributed by atoms with Crippen molar-refractivity contribution in [3.05, 3.63) is 0 Å². The van der Waals surface area contributed by atoms with E-state index in [1.807, 2.05) is 20.8 Å². The summed E-state index contributed by atoms with van der Waals surface area (Å²) < 4.78 is 16.3. The van der Waals surface area contributed by atoms with E-state index >= 15 is 0 Å². The van der Waals surface area contributed by atoms with Crippen LogP contribution >= 0.6 is 15.9 Å². The quantitative estimate of drug-likeness (QED) is 0.564. The Bertz CT molecular complexity index is 309. The van der Waals surface area contributed by atoms with Crippen molar-refractivity contribution in [2.24, 2.45) is 0 Å². The predicted octanol–water partition coefficient (Wildman–Crippen LogP) is 2.81. The minimum absolute atomic E-state index is 0.197. The van der Waals surface area contributed by atoms with Gasteiger partial charge in [0, 0.05) is 25.5 Å². The molecular formula is C14H26BrNO4. The second-order valence-corrected chi connectivity index (χ2v) is 6.69. The van der Waals surface area contributed by atoms with Crippen molar-refractivity contribution in [3.63, 3.8) is 0 Å². The van der Waals surface area contributed by atoms with Crippen molar-refractivity contribution in [3.8, 4) is 0 Å². The molecule has 0 radical (unpaired) electrons. The topological polar surface area (TPSA) is 48.0 Å². The van der Waals surface area contributed by atoms with Crippen LogP contribution in [0.4, 0.5) is 4.79 Å². The van der Waals surface area contributed by atoms with Gasteiger partial charge in [0.25, 0.3) is 0 Å². The van der Waals surface area contributed by atoms with Gasteiger partial charge < -0.3 is 19.1 Å². The van der Waals surface area contributed by atoms with Gasteiger partial charge in [0.05, 0.1) is 18.8 Å². The fourth-order valence-corrected chi connectivity index (χ4v) is 2.80. The molecule has 1 amide bonds. The molecule has 0 aromatic heterocycles. The summed E-state index contributed by atoms with van der Waals surface area (Å²) in [6.07, 6.45) is 1.38. The molecule has 0 aromatic rings. The second-order valence-electron chi connectivity index (χ2n) is 6.13. The van der Waals surface area contributed by atoms with E-state index in [1.165, 1.54) is 0 Å². The monoisotopic (exact) mass is 351 g/mol. The third-order valence-electron chi connectivity index (χ3n) is 3.27. The zero-order valence-electron chi connectivity index (χ0n) is 12.9. The SMILES string of the molecule is COCCOC1(CBr)CCN(C(=O)OC(C)(C)C)CC1. The molecule has 0 aromatic carbocycles. The maximum absolute atomic E-state index is 12.0. The Labute approximate surface area is 130 Å². The smallest absolute Gasteiger partial charge is 0.410 e. The van der Waals surface area contributed by atoms with Crippen LogP contribution in [-0.4, -0.2) is 60.9 Å². The van der Waals surface area contributed by atoms with E-state index < -0.39 is 5.60 Å². The molecular weight excluding hydrogens is 326 g/mol. The van der Waals surface area contributed by atoms with E-state index in [0.29, 0.717) is 26.3 Å². The van der Waals surface area contributed by atoms with Gasteiger partial charge in [0.15, 0.2) is 0 Å². The average Bonchev–Trinajstić information content (AvgIpc) is 2.38. The molecule has 20 heavy (non-hydrogen) atoms. The van der Waals surface area contributed by atoms with Crippen LogP contribution in [0.15, 0.2) is 0 Å². The lowest BCUT2D eigenvalue weighted by atomic mass is 9.93. The second kappa shape index (κ2) is 7.61. The highest BCUT2D eigenvalue weighted by Gasteiger charge is 2.37.